The summed E-state index contributed by atoms with van der Waals surface area (Å²) in [5, 5.41) is 5.02. The minimum atomic E-state index is -0.336. The maximum absolute atomic E-state index is 6.62. The third-order valence-corrected chi connectivity index (χ3v) is 6.88. The molecule has 0 fully saturated rings. The summed E-state index contributed by atoms with van der Waals surface area (Å²) < 4.78 is 6.62. The molecular weight excluding hydrogens is 387 g/mol. The van der Waals surface area contributed by atoms with Crippen LogP contribution in [0.25, 0.3) is 61.0 Å². The average molecular weight is 408 g/mol. The van der Waals surface area contributed by atoms with Crippen LogP contribution in [0.4, 0.5) is 0 Å². The molecule has 0 amide bonds. The summed E-state index contributed by atoms with van der Waals surface area (Å²) in [6.45, 7) is 2.12. The molecule has 1 aliphatic heterocycles. The van der Waals surface area contributed by atoms with Crippen LogP contribution in [0.1, 0.15) is 12.5 Å². The lowest BCUT2D eigenvalue weighted by Gasteiger charge is -2.32. The second-order valence-corrected chi connectivity index (χ2v) is 9.33. The second kappa shape index (κ2) is 6.14. The van der Waals surface area contributed by atoms with Crippen molar-refractivity contribution in [2.24, 2.45) is 0 Å². The largest absolute Gasteiger partial charge is 0.492 e. The summed E-state index contributed by atoms with van der Waals surface area (Å²) in [6.07, 6.45) is 4.46. The Morgan fingerprint density at radius 3 is 2.12 bits per heavy atom. The van der Waals surface area contributed by atoms with Crippen LogP contribution < -0.4 is 4.74 Å². The third kappa shape index (κ3) is 2.30. The summed E-state index contributed by atoms with van der Waals surface area (Å²) in [5.41, 5.74) is 8.54. The fourth-order valence-electron chi connectivity index (χ4n) is 5.55. The van der Waals surface area contributed by atoms with Gasteiger partial charge < -0.3 is 4.74 Å². The average Bonchev–Trinajstić information content (AvgIpc) is 2.94. The van der Waals surface area contributed by atoms with Crippen molar-refractivity contribution in [3.8, 4) is 39.1 Å². The minimum Gasteiger partial charge on any atom is -0.492 e. The van der Waals surface area contributed by atoms with Gasteiger partial charge in [0.05, 0.1) is 5.50 Å². The molecule has 1 aliphatic carbocycles. The first-order valence-electron chi connectivity index (χ1n) is 11.2. The summed E-state index contributed by atoms with van der Waals surface area (Å²) in [5.74, 6) is 0.986. The molecule has 2 aliphatic rings. The predicted octanol–water partition coefficient (Wildman–Crippen LogP) is 7.06. The van der Waals surface area contributed by atoms with E-state index in [0.29, 0.717) is 0 Å². The normalized spacial score (nSPS) is 17.9. The summed E-state index contributed by atoms with van der Waals surface area (Å²) >= 11 is 0. The zero-order valence-corrected chi connectivity index (χ0v) is 18.1. The van der Waals surface area contributed by atoms with Crippen LogP contribution in [0.15, 0.2) is 91.0 Å². The number of rotatable bonds is 0. The van der Waals surface area contributed by atoms with Gasteiger partial charge in [0.15, 0.2) is 7.85 Å². The number of fused-ring (bicyclic) bond motifs is 10. The van der Waals surface area contributed by atoms with Crippen LogP contribution in [0.5, 0.6) is 5.75 Å². The standard InChI is InChI=1S/C30H21BO/c1-30(31)17-16-25-28-21-11-3-2-10-19(21)20-14-6-8-18-9-7-15-24(26(18)20)27(28)22-12-4-5-13-23(22)29(25)32-30/h2-17H,31H2,1H3. The van der Waals surface area contributed by atoms with Gasteiger partial charge in [0, 0.05) is 16.5 Å². The lowest BCUT2D eigenvalue weighted by atomic mass is 9.78. The lowest BCUT2D eigenvalue weighted by molar-refractivity contribution is 0.227. The Morgan fingerprint density at radius 1 is 0.656 bits per heavy atom. The van der Waals surface area contributed by atoms with Crippen LogP contribution in [-0.4, -0.2) is 13.3 Å². The smallest absolute Gasteiger partial charge is 0.163 e. The van der Waals surface area contributed by atoms with Crippen molar-refractivity contribution in [3.05, 3.63) is 96.6 Å². The highest BCUT2D eigenvalue weighted by atomic mass is 16.5. The Bertz CT molecular complexity index is 1620. The molecule has 1 atom stereocenters. The van der Waals surface area contributed by atoms with E-state index >= 15 is 0 Å². The van der Waals surface area contributed by atoms with Crippen LogP contribution >= 0.6 is 0 Å². The maximum Gasteiger partial charge on any atom is 0.163 e. The summed E-state index contributed by atoms with van der Waals surface area (Å²) in [6, 6.07) is 30.9. The van der Waals surface area contributed by atoms with Gasteiger partial charge in [-0.25, -0.2) is 0 Å². The molecule has 0 aromatic heterocycles. The van der Waals surface area contributed by atoms with E-state index in [4.69, 9.17) is 4.74 Å². The van der Waals surface area contributed by atoms with Gasteiger partial charge in [-0.1, -0.05) is 91.0 Å². The molecule has 7 rings (SSSR count). The van der Waals surface area contributed by atoms with Gasteiger partial charge in [0.1, 0.15) is 5.75 Å². The van der Waals surface area contributed by atoms with Crippen LogP contribution in [-0.2, 0) is 0 Å². The van der Waals surface area contributed by atoms with E-state index in [0.717, 1.165) is 5.75 Å². The van der Waals surface area contributed by atoms with Crippen molar-refractivity contribution >= 4 is 35.5 Å². The van der Waals surface area contributed by atoms with Gasteiger partial charge in [-0.3, -0.25) is 0 Å². The zero-order chi connectivity index (χ0) is 21.4. The van der Waals surface area contributed by atoms with Crippen LogP contribution in [0.2, 0.25) is 0 Å². The molecule has 0 spiro atoms. The number of hydrogen-bond acceptors (Lipinski definition) is 1. The van der Waals surface area contributed by atoms with Crippen molar-refractivity contribution in [3.63, 3.8) is 0 Å². The molecule has 0 radical (unpaired) electrons. The summed E-state index contributed by atoms with van der Waals surface area (Å²) in [7, 11) is 2.12. The van der Waals surface area contributed by atoms with E-state index in [1.165, 1.54) is 60.5 Å². The van der Waals surface area contributed by atoms with E-state index < -0.39 is 0 Å². The molecule has 32 heavy (non-hydrogen) atoms. The Labute approximate surface area is 188 Å². The van der Waals surface area contributed by atoms with Crippen LogP contribution in [0, 0.1) is 0 Å². The minimum absolute atomic E-state index is 0.336. The molecule has 2 heteroatoms. The number of hydrogen-bond donors (Lipinski definition) is 0. The SMILES string of the molecule is BC1(C)C=Cc2c3c(c4ccccc4c2O1)-c1cccc2cccc(c12)-c1ccccc1-3. The monoisotopic (exact) mass is 408 g/mol. The highest BCUT2D eigenvalue weighted by Crippen LogP contribution is 2.54. The van der Waals surface area contributed by atoms with Gasteiger partial charge in [0.25, 0.3) is 0 Å². The Kier molecular flexibility index (Phi) is 3.43. The molecule has 5 aromatic rings. The van der Waals surface area contributed by atoms with Crippen molar-refractivity contribution in [1.82, 2.24) is 0 Å². The zero-order valence-electron chi connectivity index (χ0n) is 18.1. The van der Waals surface area contributed by atoms with Crippen molar-refractivity contribution < 1.29 is 4.74 Å². The van der Waals surface area contributed by atoms with Crippen molar-refractivity contribution in [2.75, 3.05) is 0 Å². The fraction of sp³-hybridized carbons (Fsp3) is 0.0667. The first-order valence-corrected chi connectivity index (χ1v) is 11.2. The van der Waals surface area contributed by atoms with E-state index in [9.17, 15) is 0 Å². The molecule has 0 saturated carbocycles. The molecule has 0 bridgehead atoms. The molecule has 0 saturated heterocycles. The van der Waals surface area contributed by atoms with Gasteiger partial charge in [-0.15, -0.1) is 0 Å². The Morgan fingerprint density at radius 2 is 1.31 bits per heavy atom. The first kappa shape index (κ1) is 17.9. The fourth-order valence-corrected chi connectivity index (χ4v) is 5.55. The Hall–Kier alpha value is -3.78. The van der Waals surface area contributed by atoms with Crippen LogP contribution in [0.3, 0.4) is 0 Å². The van der Waals surface area contributed by atoms with Gasteiger partial charge in [-0.2, -0.15) is 0 Å². The van der Waals surface area contributed by atoms with Crippen molar-refractivity contribution in [2.45, 2.75) is 12.4 Å². The van der Waals surface area contributed by atoms with E-state index in [2.05, 4.69) is 112 Å². The second-order valence-electron chi connectivity index (χ2n) is 9.33. The maximum atomic E-state index is 6.62. The summed E-state index contributed by atoms with van der Waals surface area (Å²) in [4.78, 5) is 0. The van der Waals surface area contributed by atoms with Gasteiger partial charge in [0.2, 0.25) is 0 Å². The number of ether oxygens (including phenoxy) is 1. The quantitative estimate of drug-likeness (QED) is 0.245. The molecule has 1 heterocycles. The molecule has 1 unspecified atom stereocenters. The van der Waals surface area contributed by atoms with E-state index in [1.54, 1.807) is 0 Å². The highest BCUT2D eigenvalue weighted by molar-refractivity contribution is 6.22. The van der Waals surface area contributed by atoms with Crippen molar-refractivity contribution in [1.29, 1.82) is 0 Å². The van der Waals surface area contributed by atoms with E-state index in [1.807, 2.05) is 0 Å². The third-order valence-electron chi connectivity index (χ3n) is 6.88. The molecular formula is C30H21BO. The van der Waals surface area contributed by atoms with Gasteiger partial charge >= 0.3 is 0 Å². The Balaban J connectivity index is 1.79. The van der Waals surface area contributed by atoms with E-state index in [-0.39, 0.29) is 5.50 Å². The predicted molar refractivity (Wildman–Crippen MR) is 138 cm³/mol. The first-order chi connectivity index (χ1) is 15.6. The molecule has 1 nitrogen and oxygen atoms in total. The molecule has 150 valence electrons. The topological polar surface area (TPSA) is 9.23 Å². The number of benzene rings is 5. The van der Waals surface area contributed by atoms with Gasteiger partial charge in [-0.05, 0) is 57.0 Å². The molecule has 0 N–H and O–H groups in total. The molecule has 5 aromatic carbocycles. The lowest BCUT2D eigenvalue weighted by Crippen LogP contribution is -2.32. The highest BCUT2D eigenvalue weighted by Gasteiger charge is 2.31.